The van der Waals surface area contributed by atoms with Crippen LogP contribution in [0.5, 0.6) is 0 Å². The number of hydrogen-bond donors (Lipinski definition) is 2. The number of esters is 1. The fourth-order valence-corrected chi connectivity index (χ4v) is 5.29. The van der Waals surface area contributed by atoms with E-state index in [-0.39, 0.29) is 17.9 Å². The first-order chi connectivity index (χ1) is 15.8. The van der Waals surface area contributed by atoms with Crippen molar-refractivity contribution in [3.05, 3.63) is 58.7 Å². The molecule has 2 amide bonds. The largest absolute Gasteiger partial charge is 0.454 e. The van der Waals surface area contributed by atoms with Crippen LogP contribution < -0.4 is 15.4 Å². The molecule has 0 saturated carbocycles. The molecule has 0 spiro atoms. The van der Waals surface area contributed by atoms with Gasteiger partial charge in [-0.1, -0.05) is 24.3 Å². The van der Waals surface area contributed by atoms with E-state index in [1.165, 1.54) is 11.8 Å². The summed E-state index contributed by atoms with van der Waals surface area (Å²) in [7, 11) is -4.02. The van der Waals surface area contributed by atoms with Gasteiger partial charge < -0.3 is 15.4 Å². The Hall–Kier alpha value is -3.24. The van der Waals surface area contributed by atoms with Gasteiger partial charge >= 0.3 is 5.97 Å². The van der Waals surface area contributed by atoms with Crippen LogP contribution in [0.1, 0.15) is 35.6 Å². The van der Waals surface area contributed by atoms with Gasteiger partial charge in [-0.3, -0.25) is 14.4 Å². The van der Waals surface area contributed by atoms with Crippen molar-refractivity contribution in [2.45, 2.75) is 52.0 Å². The Morgan fingerprint density at radius 2 is 1.59 bits per heavy atom. The van der Waals surface area contributed by atoms with Crippen LogP contribution in [0.15, 0.2) is 41.3 Å². The molecule has 0 aliphatic heterocycles. The molecule has 0 fully saturated rings. The van der Waals surface area contributed by atoms with Gasteiger partial charge in [0.15, 0.2) is 6.61 Å². The van der Waals surface area contributed by atoms with Gasteiger partial charge in [-0.15, -0.1) is 0 Å². The Balaban J connectivity index is 2.10. The third kappa shape index (κ3) is 6.64. The third-order valence-corrected chi connectivity index (χ3v) is 7.35. The standard InChI is InChI=1S/C24H31N3O6S/c1-15-13-16(2)18(4)23(17(15)3)34(31,32)26-19(5)24(30)33-14-22(29)27(12-11-21(25)28)20-9-7-6-8-10-20/h6-10,13,19,26H,11-12,14H2,1-5H3,(H2,25,28)/t19-/m0/s1. The molecule has 184 valence electrons. The van der Waals surface area contributed by atoms with Crippen molar-refractivity contribution in [3.63, 3.8) is 0 Å². The van der Waals surface area contributed by atoms with Gasteiger partial charge in [-0.25, -0.2) is 8.42 Å². The van der Waals surface area contributed by atoms with E-state index in [1.807, 2.05) is 19.9 Å². The molecule has 0 radical (unpaired) electrons. The number of benzene rings is 2. The number of ether oxygens (including phenoxy) is 1. The summed E-state index contributed by atoms with van der Waals surface area (Å²) < 4.78 is 33.5. The Morgan fingerprint density at radius 3 is 2.12 bits per heavy atom. The Bertz CT molecular complexity index is 1150. The van der Waals surface area contributed by atoms with Crippen LogP contribution in [-0.4, -0.2) is 45.4 Å². The summed E-state index contributed by atoms with van der Waals surface area (Å²) >= 11 is 0. The second kappa shape index (κ2) is 11.3. The highest BCUT2D eigenvalue weighted by Crippen LogP contribution is 2.26. The minimum absolute atomic E-state index is 0.0170. The van der Waals surface area contributed by atoms with Crippen molar-refractivity contribution in [1.82, 2.24) is 4.72 Å². The lowest BCUT2D eigenvalue weighted by molar-refractivity contribution is -0.149. The summed E-state index contributed by atoms with van der Waals surface area (Å²) in [4.78, 5) is 37.8. The number of carbonyl (C=O) groups excluding carboxylic acids is 3. The Labute approximate surface area is 200 Å². The number of nitrogens with two attached hydrogens (primary N) is 1. The summed E-state index contributed by atoms with van der Waals surface area (Å²) in [5, 5.41) is 0. The lowest BCUT2D eigenvalue weighted by atomic mass is 10.0. The molecule has 0 heterocycles. The Kier molecular flexibility index (Phi) is 8.94. The zero-order chi connectivity index (χ0) is 25.6. The maximum absolute atomic E-state index is 13.0. The summed E-state index contributed by atoms with van der Waals surface area (Å²) in [6, 6.07) is 9.24. The molecular weight excluding hydrogens is 458 g/mol. The number of aryl methyl sites for hydroxylation is 2. The third-order valence-electron chi connectivity index (χ3n) is 5.54. The lowest BCUT2D eigenvalue weighted by Gasteiger charge is -2.23. The van der Waals surface area contributed by atoms with E-state index >= 15 is 0 Å². The molecule has 2 rings (SSSR count). The topological polar surface area (TPSA) is 136 Å². The predicted molar refractivity (Wildman–Crippen MR) is 129 cm³/mol. The molecule has 0 aromatic heterocycles. The lowest BCUT2D eigenvalue weighted by Crippen LogP contribution is -2.42. The summed E-state index contributed by atoms with van der Waals surface area (Å²) in [5.41, 5.74) is 8.55. The first-order valence-corrected chi connectivity index (χ1v) is 12.2. The van der Waals surface area contributed by atoms with Gasteiger partial charge in [0.25, 0.3) is 5.91 Å². The number of nitrogens with zero attached hydrogens (tertiary/aromatic N) is 1. The predicted octanol–water partition coefficient (Wildman–Crippen LogP) is 2.04. The normalized spacial score (nSPS) is 12.1. The molecule has 1 atom stereocenters. The van der Waals surface area contributed by atoms with E-state index in [4.69, 9.17) is 10.5 Å². The molecule has 34 heavy (non-hydrogen) atoms. The molecule has 10 heteroatoms. The highest BCUT2D eigenvalue weighted by molar-refractivity contribution is 7.89. The smallest absolute Gasteiger partial charge is 0.324 e. The number of rotatable bonds is 10. The highest BCUT2D eigenvalue weighted by atomic mass is 32.2. The number of primary amides is 1. The van der Waals surface area contributed by atoms with Crippen LogP contribution in [0.3, 0.4) is 0 Å². The molecule has 2 aromatic rings. The minimum atomic E-state index is -4.02. The van der Waals surface area contributed by atoms with Gasteiger partial charge in [0.1, 0.15) is 6.04 Å². The quantitative estimate of drug-likeness (QED) is 0.490. The van der Waals surface area contributed by atoms with Crippen LogP contribution >= 0.6 is 0 Å². The minimum Gasteiger partial charge on any atom is -0.454 e. The number of sulfonamides is 1. The molecule has 2 aromatic carbocycles. The van der Waals surface area contributed by atoms with Gasteiger partial charge in [0.05, 0.1) is 4.90 Å². The monoisotopic (exact) mass is 489 g/mol. The molecule has 0 bridgehead atoms. The van der Waals surface area contributed by atoms with Gasteiger partial charge in [-0.05, 0) is 69.0 Å². The van der Waals surface area contributed by atoms with Crippen molar-refractivity contribution >= 4 is 33.5 Å². The summed E-state index contributed by atoms with van der Waals surface area (Å²) in [6.07, 6.45) is -0.0700. The van der Waals surface area contributed by atoms with Crippen molar-refractivity contribution in [2.75, 3.05) is 18.1 Å². The molecule has 0 unspecified atom stereocenters. The van der Waals surface area contributed by atoms with E-state index in [1.54, 1.807) is 44.2 Å². The van der Waals surface area contributed by atoms with E-state index in [2.05, 4.69) is 4.72 Å². The van der Waals surface area contributed by atoms with Crippen molar-refractivity contribution in [3.8, 4) is 0 Å². The van der Waals surface area contributed by atoms with Gasteiger partial charge in [0, 0.05) is 18.7 Å². The number of nitrogens with one attached hydrogen (secondary N) is 1. The molecular formula is C24H31N3O6S. The SMILES string of the molecule is Cc1cc(C)c(C)c(S(=O)(=O)N[C@@H](C)C(=O)OCC(=O)N(CCC(N)=O)c2ccccc2)c1C. The Morgan fingerprint density at radius 1 is 1.03 bits per heavy atom. The average Bonchev–Trinajstić information content (AvgIpc) is 2.76. The fourth-order valence-electron chi connectivity index (χ4n) is 3.49. The van der Waals surface area contributed by atoms with E-state index in [0.717, 1.165) is 11.1 Å². The second-order valence-corrected chi connectivity index (χ2v) is 9.79. The summed E-state index contributed by atoms with van der Waals surface area (Å²) in [5.74, 6) is -2.05. The van der Waals surface area contributed by atoms with E-state index < -0.39 is 40.5 Å². The molecule has 0 aliphatic rings. The maximum atomic E-state index is 13.0. The van der Waals surface area contributed by atoms with Crippen molar-refractivity contribution in [1.29, 1.82) is 0 Å². The van der Waals surface area contributed by atoms with Crippen LogP contribution in [0, 0.1) is 27.7 Å². The van der Waals surface area contributed by atoms with Crippen molar-refractivity contribution in [2.24, 2.45) is 5.73 Å². The van der Waals surface area contributed by atoms with Crippen LogP contribution in [0.2, 0.25) is 0 Å². The highest BCUT2D eigenvalue weighted by Gasteiger charge is 2.28. The first-order valence-electron chi connectivity index (χ1n) is 10.7. The zero-order valence-corrected chi connectivity index (χ0v) is 20.9. The number of anilines is 1. The van der Waals surface area contributed by atoms with Crippen molar-refractivity contribution < 1.29 is 27.5 Å². The van der Waals surface area contributed by atoms with E-state index in [0.29, 0.717) is 16.8 Å². The zero-order valence-electron chi connectivity index (χ0n) is 20.0. The molecule has 9 nitrogen and oxygen atoms in total. The average molecular weight is 490 g/mol. The second-order valence-electron chi connectivity index (χ2n) is 8.14. The maximum Gasteiger partial charge on any atom is 0.324 e. The van der Waals surface area contributed by atoms with Gasteiger partial charge in [0.2, 0.25) is 15.9 Å². The molecule has 0 saturated heterocycles. The number of para-hydroxylation sites is 1. The number of carbonyl (C=O) groups is 3. The fraction of sp³-hybridized carbons (Fsp3) is 0.375. The summed E-state index contributed by atoms with van der Waals surface area (Å²) in [6.45, 7) is 7.80. The van der Waals surface area contributed by atoms with E-state index in [9.17, 15) is 22.8 Å². The van der Waals surface area contributed by atoms with Crippen LogP contribution in [0.25, 0.3) is 0 Å². The number of hydrogen-bond acceptors (Lipinski definition) is 6. The van der Waals surface area contributed by atoms with Crippen LogP contribution in [-0.2, 0) is 29.1 Å². The first kappa shape index (κ1) is 27.0. The van der Waals surface area contributed by atoms with Crippen LogP contribution in [0.4, 0.5) is 5.69 Å². The molecule has 3 N–H and O–H groups in total. The molecule has 0 aliphatic carbocycles. The number of amides is 2. The van der Waals surface area contributed by atoms with Gasteiger partial charge in [-0.2, -0.15) is 4.72 Å².